The number of halogens is 2. The molecule has 1 saturated carbocycles. The Labute approximate surface area is 208 Å². The van der Waals surface area contributed by atoms with Crippen LogP contribution in [0.2, 0.25) is 0 Å². The lowest BCUT2D eigenvalue weighted by Gasteiger charge is -2.31. The molecule has 4 rings (SSSR count). The molecule has 192 valence electrons. The Morgan fingerprint density at radius 2 is 1.80 bits per heavy atom. The second-order valence-corrected chi connectivity index (χ2v) is 12.2. The highest BCUT2D eigenvalue weighted by Crippen LogP contribution is 2.30. The second-order valence-electron chi connectivity index (χ2n) is 9.15. The fourth-order valence-electron chi connectivity index (χ4n) is 4.69. The van der Waals surface area contributed by atoms with Gasteiger partial charge in [-0.05, 0) is 50.3 Å². The maximum atomic E-state index is 14.0. The number of nitrogens with two attached hydrogens (primary N) is 1. The number of nitrogens with zero attached hydrogens (tertiary/aromatic N) is 2. The molecule has 0 unspecified atom stereocenters. The number of anilines is 2. The van der Waals surface area contributed by atoms with Crippen molar-refractivity contribution in [1.29, 1.82) is 0 Å². The summed E-state index contributed by atoms with van der Waals surface area (Å²) in [5.74, 6) is -2.12. The topological polar surface area (TPSA) is 117 Å². The third kappa shape index (κ3) is 6.35. The Hall–Kier alpha value is -2.15. The van der Waals surface area contributed by atoms with Crippen molar-refractivity contribution in [2.45, 2.75) is 44.6 Å². The van der Waals surface area contributed by atoms with Gasteiger partial charge in [-0.1, -0.05) is 30.2 Å². The van der Waals surface area contributed by atoms with Crippen molar-refractivity contribution in [2.24, 2.45) is 5.92 Å². The fraction of sp³-hybridized carbons (Fsp3) is 0.565. The lowest BCUT2D eigenvalue weighted by Crippen LogP contribution is -2.44. The quantitative estimate of drug-likeness (QED) is 0.321. The van der Waals surface area contributed by atoms with Gasteiger partial charge >= 0.3 is 0 Å². The van der Waals surface area contributed by atoms with Gasteiger partial charge in [0.25, 0.3) is 0 Å². The summed E-state index contributed by atoms with van der Waals surface area (Å²) in [6.07, 6.45) is 6.12. The van der Waals surface area contributed by atoms with Gasteiger partial charge in [0.15, 0.2) is 5.13 Å². The van der Waals surface area contributed by atoms with Gasteiger partial charge in [-0.25, -0.2) is 26.5 Å². The van der Waals surface area contributed by atoms with Crippen LogP contribution >= 0.6 is 11.3 Å². The molecule has 2 aromatic rings. The molecule has 1 aromatic heterocycles. The Morgan fingerprint density at radius 3 is 2.46 bits per heavy atom. The molecule has 1 aromatic carbocycles. The molecule has 1 aliphatic carbocycles. The van der Waals surface area contributed by atoms with Crippen LogP contribution in [-0.4, -0.2) is 61.5 Å². The number of carbonyl (C=O) groups is 1. The molecule has 1 aliphatic heterocycles. The standard InChI is InChI=1S/C23H31F2N5O3S2/c24-17-6-3-7-18(25)19(17)20(31)21-22(26)29-23(34-21)28-16-8-11-30(12-9-16)35(32,33)13-10-27-14-15-4-1-2-5-15/h3,6-7,15-16,27H,1-2,4-5,8-14,26H2,(H,28,29). The molecule has 0 bridgehead atoms. The van der Waals surface area contributed by atoms with Crippen molar-refractivity contribution < 1.29 is 22.0 Å². The summed E-state index contributed by atoms with van der Waals surface area (Å²) in [6, 6.07) is 3.16. The summed E-state index contributed by atoms with van der Waals surface area (Å²) in [5, 5.41) is 6.84. The van der Waals surface area contributed by atoms with E-state index in [1.165, 1.54) is 36.1 Å². The van der Waals surface area contributed by atoms with Gasteiger partial charge in [-0.3, -0.25) is 4.79 Å². The number of thiazole rings is 1. The van der Waals surface area contributed by atoms with Crippen LogP contribution in [-0.2, 0) is 10.0 Å². The fourth-order valence-corrected chi connectivity index (χ4v) is 7.02. The number of hydrogen-bond donors (Lipinski definition) is 3. The first-order valence-corrected chi connectivity index (χ1v) is 14.4. The number of ketones is 1. The molecular weight excluding hydrogens is 496 g/mol. The van der Waals surface area contributed by atoms with E-state index in [0.717, 1.165) is 30.0 Å². The number of sulfonamides is 1. The average Bonchev–Trinajstić information content (AvgIpc) is 3.46. The van der Waals surface area contributed by atoms with Crippen LogP contribution < -0.4 is 16.4 Å². The van der Waals surface area contributed by atoms with Crippen LogP contribution in [0.1, 0.15) is 53.8 Å². The largest absolute Gasteiger partial charge is 0.382 e. The second kappa shape index (κ2) is 11.3. The molecule has 2 aliphatic rings. The molecule has 1 saturated heterocycles. The summed E-state index contributed by atoms with van der Waals surface area (Å²) < 4.78 is 54.9. The van der Waals surface area contributed by atoms with E-state index in [1.807, 2.05) is 0 Å². The van der Waals surface area contributed by atoms with E-state index in [9.17, 15) is 22.0 Å². The Morgan fingerprint density at radius 1 is 1.14 bits per heavy atom. The highest BCUT2D eigenvalue weighted by molar-refractivity contribution is 7.89. The van der Waals surface area contributed by atoms with Gasteiger partial charge < -0.3 is 16.4 Å². The van der Waals surface area contributed by atoms with Gasteiger partial charge in [-0.2, -0.15) is 0 Å². The minimum atomic E-state index is -3.33. The third-order valence-corrected chi connectivity index (χ3v) is 9.54. The zero-order valence-electron chi connectivity index (χ0n) is 19.4. The van der Waals surface area contributed by atoms with Crippen molar-refractivity contribution in [1.82, 2.24) is 14.6 Å². The predicted molar refractivity (Wildman–Crippen MR) is 133 cm³/mol. The first-order valence-electron chi connectivity index (χ1n) is 11.9. The summed E-state index contributed by atoms with van der Waals surface area (Å²) in [5.41, 5.74) is 5.20. The minimum Gasteiger partial charge on any atom is -0.382 e. The zero-order chi connectivity index (χ0) is 25.0. The summed E-state index contributed by atoms with van der Waals surface area (Å²) >= 11 is 0.934. The Kier molecular flexibility index (Phi) is 8.35. The van der Waals surface area contributed by atoms with Crippen molar-refractivity contribution in [2.75, 3.05) is 43.0 Å². The van der Waals surface area contributed by atoms with E-state index in [4.69, 9.17) is 5.73 Å². The van der Waals surface area contributed by atoms with Crippen LogP contribution in [0, 0.1) is 17.6 Å². The smallest absolute Gasteiger partial charge is 0.215 e. The van der Waals surface area contributed by atoms with Crippen LogP contribution in [0.25, 0.3) is 0 Å². The van der Waals surface area contributed by atoms with Gasteiger partial charge in [-0.15, -0.1) is 0 Å². The van der Waals surface area contributed by atoms with Gasteiger partial charge in [0.1, 0.15) is 22.3 Å². The van der Waals surface area contributed by atoms with E-state index >= 15 is 0 Å². The summed E-state index contributed by atoms with van der Waals surface area (Å²) in [7, 11) is -3.33. The van der Waals surface area contributed by atoms with E-state index in [-0.39, 0.29) is 22.5 Å². The number of piperidine rings is 1. The van der Waals surface area contributed by atoms with Crippen LogP contribution in [0.3, 0.4) is 0 Å². The molecule has 0 amide bonds. The number of rotatable bonds is 10. The number of nitrogens with one attached hydrogen (secondary N) is 2. The maximum Gasteiger partial charge on any atom is 0.215 e. The van der Waals surface area contributed by atoms with E-state index < -0.39 is 33.0 Å². The highest BCUT2D eigenvalue weighted by Gasteiger charge is 2.29. The maximum absolute atomic E-state index is 14.0. The number of hydrogen-bond acceptors (Lipinski definition) is 8. The first-order chi connectivity index (χ1) is 16.7. The number of aromatic nitrogens is 1. The van der Waals surface area contributed by atoms with Crippen molar-refractivity contribution in [3.05, 3.63) is 40.3 Å². The minimum absolute atomic E-state index is 0.0402. The van der Waals surface area contributed by atoms with E-state index in [1.54, 1.807) is 0 Å². The van der Waals surface area contributed by atoms with Gasteiger partial charge in [0.2, 0.25) is 15.8 Å². The van der Waals surface area contributed by atoms with Crippen molar-refractivity contribution >= 4 is 38.1 Å². The molecular formula is C23H31F2N5O3S2. The lowest BCUT2D eigenvalue weighted by atomic mass is 10.1. The van der Waals surface area contributed by atoms with Gasteiger partial charge in [0.05, 0.1) is 11.3 Å². The molecule has 4 N–H and O–H groups in total. The Bertz CT molecular complexity index is 1120. The molecule has 0 radical (unpaired) electrons. The number of nitrogen functional groups attached to an aromatic ring is 1. The molecule has 0 spiro atoms. The van der Waals surface area contributed by atoms with E-state index in [2.05, 4.69) is 15.6 Å². The first kappa shape index (κ1) is 25.9. The number of carbonyl (C=O) groups excluding carboxylic acids is 1. The van der Waals surface area contributed by atoms with Crippen molar-refractivity contribution in [3.8, 4) is 0 Å². The molecule has 12 heteroatoms. The van der Waals surface area contributed by atoms with E-state index in [0.29, 0.717) is 43.5 Å². The molecule has 0 atom stereocenters. The zero-order valence-corrected chi connectivity index (χ0v) is 21.1. The summed E-state index contributed by atoms with van der Waals surface area (Å²) in [6.45, 7) is 2.10. The lowest BCUT2D eigenvalue weighted by molar-refractivity contribution is 0.103. The summed E-state index contributed by atoms with van der Waals surface area (Å²) in [4.78, 5) is 16.8. The highest BCUT2D eigenvalue weighted by atomic mass is 32.2. The molecule has 2 fully saturated rings. The Balaban J connectivity index is 1.27. The van der Waals surface area contributed by atoms with Gasteiger partial charge in [0, 0.05) is 25.7 Å². The van der Waals surface area contributed by atoms with Crippen LogP contribution in [0.4, 0.5) is 19.7 Å². The normalized spacial score (nSPS) is 18.2. The van der Waals surface area contributed by atoms with Crippen LogP contribution in [0.5, 0.6) is 0 Å². The third-order valence-electron chi connectivity index (χ3n) is 6.67. The predicted octanol–water partition coefficient (Wildman–Crippen LogP) is 3.22. The molecule has 35 heavy (non-hydrogen) atoms. The monoisotopic (exact) mass is 527 g/mol. The average molecular weight is 528 g/mol. The van der Waals surface area contributed by atoms with Crippen LogP contribution in [0.15, 0.2) is 18.2 Å². The van der Waals surface area contributed by atoms with Crippen molar-refractivity contribution in [3.63, 3.8) is 0 Å². The number of benzene rings is 1. The molecule has 2 heterocycles. The SMILES string of the molecule is Nc1nc(NC2CCN(S(=O)(=O)CCNCC3CCCC3)CC2)sc1C(=O)c1c(F)cccc1F. The molecule has 8 nitrogen and oxygen atoms in total.